The van der Waals surface area contributed by atoms with Gasteiger partial charge in [-0.1, -0.05) is 44.2 Å². The van der Waals surface area contributed by atoms with Crippen molar-refractivity contribution in [1.29, 1.82) is 0 Å². The molecule has 1 heterocycles. The highest BCUT2D eigenvalue weighted by molar-refractivity contribution is 5.98. The van der Waals surface area contributed by atoms with Crippen LogP contribution in [0.1, 0.15) is 43.1 Å². The summed E-state index contributed by atoms with van der Waals surface area (Å²) >= 11 is 0. The summed E-state index contributed by atoms with van der Waals surface area (Å²) < 4.78 is 12.1. The van der Waals surface area contributed by atoms with E-state index < -0.39 is 0 Å². The molecule has 0 radical (unpaired) electrons. The highest BCUT2D eigenvalue weighted by Gasteiger charge is 2.28. The smallest absolute Gasteiger partial charge is 0.257 e. The number of hydrogen-bond acceptors (Lipinski definition) is 5. The lowest BCUT2D eigenvalue weighted by Gasteiger charge is -2.36. The molecule has 0 saturated carbocycles. The van der Waals surface area contributed by atoms with Crippen molar-refractivity contribution in [3.63, 3.8) is 0 Å². The Morgan fingerprint density at radius 1 is 1.15 bits per heavy atom. The van der Waals surface area contributed by atoms with Gasteiger partial charge in [0.25, 0.3) is 5.91 Å². The van der Waals surface area contributed by atoms with Crippen molar-refractivity contribution < 1.29 is 19.1 Å². The van der Waals surface area contributed by atoms with E-state index in [1.807, 2.05) is 6.07 Å². The van der Waals surface area contributed by atoms with Gasteiger partial charge in [-0.2, -0.15) is 0 Å². The highest BCUT2D eigenvalue weighted by Crippen LogP contribution is 2.27. The largest absolute Gasteiger partial charge is 0.491 e. The molecule has 3 rings (SSSR count). The van der Waals surface area contributed by atoms with E-state index in [9.17, 15) is 9.59 Å². The van der Waals surface area contributed by atoms with Gasteiger partial charge in [-0.3, -0.25) is 14.5 Å². The molecule has 0 fully saturated rings. The molecule has 1 N–H and O–H groups in total. The van der Waals surface area contributed by atoms with Crippen LogP contribution in [0.3, 0.4) is 0 Å². The number of fused-ring (bicyclic) bond motifs is 1. The number of methoxy groups -OCH3 is 1. The van der Waals surface area contributed by atoms with Gasteiger partial charge in [-0.25, -0.2) is 0 Å². The zero-order chi connectivity index (χ0) is 24.7. The molecule has 2 aromatic rings. The quantitative estimate of drug-likeness (QED) is 0.719. The summed E-state index contributed by atoms with van der Waals surface area (Å²) in [5.41, 5.74) is 2.33. The molecule has 0 aromatic heterocycles. The maximum atomic E-state index is 13.3. The lowest BCUT2D eigenvalue weighted by Crippen LogP contribution is -2.46. The Bertz CT molecular complexity index is 966. The number of ether oxygens (including phenoxy) is 2. The molecule has 3 atom stereocenters. The summed E-state index contributed by atoms with van der Waals surface area (Å²) in [6.07, 6.45) is 0.271. The van der Waals surface area contributed by atoms with Crippen molar-refractivity contribution in [3.8, 4) is 5.75 Å². The second-order valence-electron chi connectivity index (χ2n) is 9.12. The van der Waals surface area contributed by atoms with Gasteiger partial charge in [0.05, 0.1) is 11.7 Å². The van der Waals surface area contributed by atoms with Gasteiger partial charge < -0.3 is 19.7 Å². The van der Waals surface area contributed by atoms with E-state index in [2.05, 4.69) is 48.3 Å². The standard InChI is InChI=1S/C27H37N3O4/c1-6-26(31)28-22-12-13-23-24(14-22)34-18-20(3)30(16-21-10-8-7-9-11-21)15-19(2)25(33-5)17-29(4)27(23)32/h7-14,19-20,25H,6,15-18H2,1-5H3,(H,28,31)/t19-,20-,25+/m0/s1. The molecule has 0 unspecified atom stereocenters. The van der Waals surface area contributed by atoms with Crippen LogP contribution in [-0.4, -0.2) is 67.6 Å². The molecular weight excluding hydrogens is 430 g/mol. The number of hydrogen-bond donors (Lipinski definition) is 1. The molecular formula is C27H37N3O4. The summed E-state index contributed by atoms with van der Waals surface area (Å²) in [6, 6.07) is 15.7. The molecule has 184 valence electrons. The fraction of sp³-hybridized carbons (Fsp3) is 0.481. The van der Waals surface area contributed by atoms with Crippen LogP contribution in [0, 0.1) is 5.92 Å². The number of nitrogens with one attached hydrogen (secondary N) is 1. The third kappa shape index (κ3) is 6.58. The van der Waals surface area contributed by atoms with Crippen molar-refractivity contribution >= 4 is 17.5 Å². The van der Waals surface area contributed by atoms with Crippen molar-refractivity contribution in [2.24, 2.45) is 5.92 Å². The van der Waals surface area contributed by atoms with E-state index in [-0.39, 0.29) is 29.9 Å². The number of benzene rings is 2. The first kappa shape index (κ1) is 25.7. The number of carbonyl (C=O) groups excluding carboxylic acids is 2. The molecule has 34 heavy (non-hydrogen) atoms. The van der Waals surface area contributed by atoms with Crippen LogP contribution in [0.25, 0.3) is 0 Å². The number of likely N-dealkylation sites (N-methyl/N-ethyl adjacent to an activating group) is 1. The van der Waals surface area contributed by atoms with Gasteiger partial charge in [-0.05, 0) is 30.5 Å². The Morgan fingerprint density at radius 3 is 2.56 bits per heavy atom. The van der Waals surface area contributed by atoms with Gasteiger partial charge in [0, 0.05) is 58.0 Å². The zero-order valence-electron chi connectivity index (χ0n) is 20.9. The Kier molecular flexibility index (Phi) is 9.07. The van der Waals surface area contributed by atoms with E-state index in [1.54, 1.807) is 44.2 Å². The highest BCUT2D eigenvalue weighted by atomic mass is 16.5. The number of amides is 2. The van der Waals surface area contributed by atoms with E-state index in [0.717, 1.165) is 13.1 Å². The molecule has 2 aromatic carbocycles. The van der Waals surface area contributed by atoms with Gasteiger partial charge in [0.2, 0.25) is 5.91 Å². The SMILES string of the molecule is CCC(=O)Nc1ccc2c(c1)OC[C@H](C)N(Cc1ccccc1)C[C@H](C)[C@H](OC)CN(C)C2=O. The molecule has 0 aliphatic carbocycles. The maximum absolute atomic E-state index is 13.3. The van der Waals surface area contributed by atoms with E-state index >= 15 is 0 Å². The normalized spacial score (nSPS) is 22.2. The minimum absolute atomic E-state index is 0.0872. The van der Waals surface area contributed by atoms with Gasteiger partial charge in [0.15, 0.2) is 0 Å². The van der Waals surface area contributed by atoms with Crippen LogP contribution in [0.15, 0.2) is 48.5 Å². The second-order valence-corrected chi connectivity index (χ2v) is 9.12. The first-order valence-electron chi connectivity index (χ1n) is 11.9. The van der Waals surface area contributed by atoms with E-state index in [1.165, 1.54) is 5.56 Å². The lowest BCUT2D eigenvalue weighted by atomic mass is 10.0. The Morgan fingerprint density at radius 2 is 1.88 bits per heavy atom. The third-order valence-electron chi connectivity index (χ3n) is 6.41. The molecule has 7 heteroatoms. The average Bonchev–Trinajstić information content (AvgIpc) is 2.84. The number of carbonyl (C=O) groups is 2. The maximum Gasteiger partial charge on any atom is 0.257 e. The Balaban J connectivity index is 1.94. The fourth-order valence-corrected chi connectivity index (χ4v) is 4.21. The number of anilines is 1. The minimum Gasteiger partial charge on any atom is -0.491 e. The van der Waals surface area contributed by atoms with Gasteiger partial charge >= 0.3 is 0 Å². The molecule has 0 saturated heterocycles. The summed E-state index contributed by atoms with van der Waals surface area (Å²) in [5.74, 6) is 0.458. The summed E-state index contributed by atoms with van der Waals surface area (Å²) in [4.78, 5) is 29.3. The predicted molar refractivity (Wildman–Crippen MR) is 134 cm³/mol. The molecule has 0 spiro atoms. The summed E-state index contributed by atoms with van der Waals surface area (Å²) in [6.45, 7) is 8.58. The lowest BCUT2D eigenvalue weighted by molar-refractivity contribution is -0.115. The number of rotatable bonds is 5. The second kappa shape index (κ2) is 12.0. The van der Waals surface area contributed by atoms with Gasteiger partial charge in [-0.15, -0.1) is 0 Å². The first-order chi connectivity index (χ1) is 16.3. The molecule has 0 bridgehead atoms. The van der Waals surface area contributed by atoms with Crippen molar-refractivity contribution in [1.82, 2.24) is 9.80 Å². The molecule has 2 amide bonds. The Labute approximate surface area is 203 Å². The Hall–Kier alpha value is -2.90. The predicted octanol–water partition coefficient (Wildman–Crippen LogP) is 4.04. The van der Waals surface area contributed by atoms with Crippen molar-refractivity contribution in [2.75, 3.05) is 39.2 Å². The summed E-state index contributed by atoms with van der Waals surface area (Å²) in [7, 11) is 3.49. The fourth-order valence-electron chi connectivity index (χ4n) is 4.21. The van der Waals surface area contributed by atoms with Crippen LogP contribution < -0.4 is 10.1 Å². The van der Waals surface area contributed by atoms with Crippen LogP contribution in [-0.2, 0) is 16.1 Å². The third-order valence-corrected chi connectivity index (χ3v) is 6.41. The zero-order valence-corrected chi connectivity index (χ0v) is 20.9. The molecule has 1 aliphatic heterocycles. The first-order valence-corrected chi connectivity index (χ1v) is 11.9. The van der Waals surface area contributed by atoms with E-state index in [4.69, 9.17) is 9.47 Å². The van der Waals surface area contributed by atoms with Crippen molar-refractivity contribution in [2.45, 2.75) is 45.9 Å². The average molecular weight is 468 g/mol. The van der Waals surface area contributed by atoms with Crippen LogP contribution in [0.4, 0.5) is 5.69 Å². The number of nitrogens with zero attached hydrogens (tertiary/aromatic N) is 2. The molecule has 7 nitrogen and oxygen atoms in total. The van der Waals surface area contributed by atoms with Crippen LogP contribution in [0.2, 0.25) is 0 Å². The van der Waals surface area contributed by atoms with Crippen molar-refractivity contribution in [3.05, 3.63) is 59.7 Å². The topological polar surface area (TPSA) is 71.1 Å². The summed E-state index contributed by atoms with van der Waals surface area (Å²) in [5, 5.41) is 2.85. The van der Waals surface area contributed by atoms with Gasteiger partial charge in [0.1, 0.15) is 12.4 Å². The minimum atomic E-state index is -0.132. The van der Waals surface area contributed by atoms with Crippen LogP contribution >= 0.6 is 0 Å². The monoisotopic (exact) mass is 467 g/mol. The van der Waals surface area contributed by atoms with Crippen LogP contribution in [0.5, 0.6) is 5.75 Å². The van der Waals surface area contributed by atoms with E-state index in [0.29, 0.717) is 36.6 Å². The molecule has 1 aliphatic rings.